The number of rotatable bonds is 2. The first-order valence-electron chi connectivity index (χ1n) is 4.04. The molecule has 0 radical (unpaired) electrons. The maximum atomic E-state index is 11.5. The predicted octanol–water partition coefficient (Wildman–Crippen LogP) is 1.94. The Kier molecular flexibility index (Phi) is 3.29. The van der Waals surface area contributed by atoms with Gasteiger partial charge in [0.15, 0.2) is 8.24 Å². The van der Waals surface area contributed by atoms with Crippen LogP contribution < -0.4 is 0 Å². The van der Waals surface area contributed by atoms with Crippen molar-refractivity contribution in [1.82, 2.24) is 4.57 Å². The van der Waals surface area contributed by atoms with Crippen molar-refractivity contribution in [2.75, 3.05) is 7.05 Å². The third-order valence-electron chi connectivity index (χ3n) is 1.83. The molecule has 0 aromatic rings. The molecule has 0 N–H and O–H groups in total. The first-order chi connectivity index (χ1) is 4.76. The minimum atomic E-state index is -1.40. The molecular weight excluding hydrogens is 154 g/mol. The van der Waals surface area contributed by atoms with E-state index < -0.39 is 8.24 Å². The van der Waals surface area contributed by atoms with Crippen LogP contribution in [0, 0.1) is 5.92 Å². The van der Waals surface area contributed by atoms with Crippen molar-refractivity contribution in [2.45, 2.75) is 33.5 Å². The third-order valence-corrected chi connectivity index (χ3v) is 4.06. The van der Waals surface area contributed by atoms with Crippen LogP contribution in [0.1, 0.15) is 13.8 Å². The number of carbonyl (C=O) groups is 1. The molecule has 66 valence electrons. The summed E-state index contributed by atoms with van der Waals surface area (Å²) in [6.45, 7) is 10.4. The van der Waals surface area contributed by atoms with E-state index in [1.807, 2.05) is 25.5 Å². The van der Waals surface area contributed by atoms with Crippen LogP contribution in [-0.4, -0.2) is 25.8 Å². The summed E-state index contributed by atoms with van der Waals surface area (Å²) < 4.78 is 1.93. The van der Waals surface area contributed by atoms with Gasteiger partial charge in [-0.15, -0.1) is 0 Å². The van der Waals surface area contributed by atoms with Gasteiger partial charge in [0, 0.05) is 13.0 Å². The number of carbonyl (C=O) groups excluding carboxylic acids is 1. The van der Waals surface area contributed by atoms with Crippen molar-refractivity contribution >= 4 is 14.1 Å². The van der Waals surface area contributed by atoms with Crippen LogP contribution in [0.5, 0.6) is 0 Å². The first-order valence-corrected chi connectivity index (χ1v) is 7.49. The molecule has 0 spiro atoms. The number of amides is 1. The predicted molar refractivity (Wildman–Crippen MR) is 51.0 cm³/mol. The Hall–Kier alpha value is -0.313. The lowest BCUT2D eigenvalue weighted by atomic mass is 10.2. The molecule has 0 aliphatic rings. The fraction of sp³-hybridized carbons (Fsp3) is 0.875. The van der Waals surface area contributed by atoms with Gasteiger partial charge >= 0.3 is 0 Å². The van der Waals surface area contributed by atoms with Gasteiger partial charge in [-0.3, -0.25) is 4.79 Å². The van der Waals surface area contributed by atoms with E-state index in [0.717, 1.165) is 0 Å². The normalized spacial score (nSPS) is 11.9. The lowest BCUT2D eigenvalue weighted by molar-refractivity contribution is -0.129. The lowest BCUT2D eigenvalue weighted by Gasteiger charge is -2.31. The largest absolute Gasteiger partial charge is 0.372 e. The molecule has 0 bridgehead atoms. The van der Waals surface area contributed by atoms with E-state index in [1.165, 1.54) is 0 Å². The zero-order valence-electron chi connectivity index (χ0n) is 8.43. The van der Waals surface area contributed by atoms with Gasteiger partial charge in [0.25, 0.3) is 0 Å². The minimum absolute atomic E-state index is 0.131. The highest BCUT2D eigenvalue weighted by Crippen LogP contribution is 2.10. The molecule has 3 heteroatoms. The summed E-state index contributed by atoms with van der Waals surface area (Å²) in [7, 11) is 0.509. The van der Waals surface area contributed by atoms with Gasteiger partial charge in [-0.1, -0.05) is 33.5 Å². The summed E-state index contributed by atoms with van der Waals surface area (Å²) in [5.74, 6) is 0.399. The smallest absolute Gasteiger partial charge is 0.217 e. The average Bonchev–Trinajstić information content (AvgIpc) is 1.82. The quantitative estimate of drug-likeness (QED) is 0.584. The second-order valence-electron chi connectivity index (χ2n) is 4.22. The molecule has 0 rings (SSSR count). The molecular formula is C8H19NOSi. The third kappa shape index (κ3) is 3.06. The monoisotopic (exact) mass is 173 g/mol. The summed E-state index contributed by atoms with van der Waals surface area (Å²) in [5, 5.41) is 0. The maximum absolute atomic E-state index is 11.5. The molecule has 2 nitrogen and oxygen atoms in total. The molecule has 0 fully saturated rings. The summed E-state index contributed by atoms with van der Waals surface area (Å²) in [6, 6.07) is 0. The maximum Gasteiger partial charge on any atom is 0.217 e. The van der Waals surface area contributed by atoms with Crippen LogP contribution in [0.25, 0.3) is 0 Å². The lowest BCUT2D eigenvalue weighted by Crippen LogP contribution is -2.48. The molecule has 0 saturated carbocycles. The van der Waals surface area contributed by atoms with E-state index in [0.29, 0.717) is 0 Å². The van der Waals surface area contributed by atoms with Crippen LogP contribution in [0.15, 0.2) is 0 Å². The van der Waals surface area contributed by atoms with Gasteiger partial charge in [0.05, 0.1) is 0 Å². The van der Waals surface area contributed by atoms with Gasteiger partial charge in [0.1, 0.15) is 0 Å². The molecule has 11 heavy (non-hydrogen) atoms. The van der Waals surface area contributed by atoms with Crippen LogP contribution in [0.4, 0.5) is 0 Å². The fourth-order valence-electron chi connectivity index (χ4n) is 0.718. The van der Waals surface area contributed by atoms with E-state index in [9.17, 15) is 4.79 Å². The van der Waals surface area contributed by atoms with Crippen molar-refractivity contribution < 1.29 is 4.79 Å². The zero-order valence-corrected chi connectivity index (χ0v) is 9.43. The molecule has 1 amide bonds. The van der Waals surface area contributed by atoms with Gasteiger partial charge in [-0.2, -0.15) is 0 Å². The SMILES string of the molecule is CC(C)C(=O)N(C)[Si](C)(C)C. The molecule has 0 saturated heterocycles. The van der Waals surface area contributed by atoms with Gasteiger partial charge in [0.2, 0.25) is 5.91 Å². The summed E-state index contributed by atoms with van der Waals surface area (Å²) in [5.41, 5.74) is 0. The number of hydrogen-bond donors (Lipinski definition) is 0. The standard InChI is InChI=1S/C8H19NOSi/c1-7(2)8(10)9(3)11(4,5)6/h7H,1-6H3. The van der Waals surface area contributed by atoms with Gasteiger partial charge < -0.3 is 4.57 Å². The number of nitrogens with zero attached hydrogens (tertiary/aromatic N) is 1. The van der Waals surface area contributed by atoms with E-state index in [2.05, 4.69) is 19.6 Å². The van der Waals surface area contributed by atoms with Crippen molar-refractivity contribution in [1.29, 1.82) is 0 Å². The minimum Gasteiger partial charge on any atom is -0.372 e. The summed E-state index contributed by atoms with van der Waals surface area (Å²) in [6.07, 6.45) is 0. The van der Waals surface area contributed by atoms with E-state index in [4.69, 9.17) is 0 Å². The Morgan fingerprint density at radius 3 is 1.73 bits per heavy atom. The molecule has 0 atom stereocenters. The highest BCUT2D eigenvalue weighted by Gasteiger charge is 2.25. The molecule has 0 aromatic heterocycles. The van der Waals surface area contributed by atoms with Crippen LogP contribution in [0.2, 0.25) is 19.6 Å². The Bertz CT molecular complexity index is 149. The summed E-state index contributed by atoms with van der Waals surface area (Å²) >= 11 is 0. The van der Waals surface area contributed by atoms with Crippen molar-refractivity contribution in [2.24, 2.45) is 5.92 Å². The van der Waals surface area contributed by atoms with Crippen molar-refractivity contribution in [3.63, 3.8) is 0 Å². The average molecular weight is 173 g/mol. The van der Waals surface area contributed by atoms with Crippen molar-refractivity contribution in [3.05, 3.63) is 0 Å². The Labute approximate surface area is 70.7 Å². The molecule has 0 aliphatic carbocycles. The molecule has 0 heterocycles. The van der Waals surface area contributed by atoms with Gasteiger partial charge in [-0.05, 0) is 0 Å². The Balaban J connectivity index is 4.26. The van der Waals surface area contributed by atoms with E-state index in [-0.39, 0.29) is 11.8 Å². The van der Waals surface area contributed by atoms with Crippen LogP contribution in [-0.2, 0) is 4.79 Å². The van der Waals surface area contributed by atoms with E-state index >= 15 is 0 Å². The highest BCUT2D eigenvalue weighted by molar-refractivity contribution is 6.75. The fourth-order valence-corrected chi connectivity index (χ4v) is 1.64. The first kappa shape index (κ1) is 10.7. The zero-order chi connectivity index (χ0) is 9.23. The summed E-state index contributed by atoms with van der Waals surface area (Å²) in [4.78, 5) is 11.5. The van der Waals surface area contributed by atoms with Crippen LogP contribution in [0.3, 0.4) is 0 Å². The van der Waals surface area contributed by atoms with Gasteiger partial charge in [-0.25, -0.2) is 0 Å². The molecule has 0 aromatic carbocycles. The highest BCUT2D eigenvalue weighted by atomic mass is 28.3. The topological polar surface area (TPSA) is 20.3 Å². The molecule has 0 aliphatic heterocycles. The van der Waals surface area contributed by atoms with Crippen molar-refractivity contribution in [3.8, 4) is 0 Å². The Morgan fingerprint density at radius 1 is 1.27 bits per heavy atom. The van der Waals surface area contributed by atoms with E-state index in [1.54, 1.807) is 0 Å². The second kappa shape index (κ2) is 3.39. The second-order valence-corrected chi connectivity index (χ2v) is 9.24. The Morgan fingerprint density at radius 2 is 1.64 bits per heavy atom. The molecule has 0 unspecified atom stereocenters. The number of hydrogen-bond acceptors (Lipinski definition) is 1. The van der Waals surface area contributed by atoms with Crippen LogP contribution >= 0.6 is 0 Å².